The summed E-state index contributed by atoms with van der Waals surface area (Å²) in [5, 5.41) is 10.5. The maximum Gasteiger partial charge on any atom is 0.417 e. The van der Waals surface area contributed by atoms with E-state index in [0.717, 1.165) is 6.07 Å². The minimum Gasteiger partial charge on any atom is -0.352 e. The lowest BCUT2D eigenvalue weighted by molar-refractivity contribution is -0.138. The third-order valence-corrected chi connectivity index (χ3v) is 4.31. The second-order valence-corrected chi connectivity index (χ2v) is 6.28. The second kappa shape index (κ2) is 7.83. The highest BCUT2D eigenvalue weighted by atomic mass is 19.4. The summed E-state index contributed by atoms with van der Waals surface area (Å²) in [4.78, 5) is 26.9. The van der Waals surface area contributed by atoms with Crippen molar-refractivity contribution in [1.29, 1.82) is 0 Å². The number of carbonyl (C=O) groups excluding carboxylic acids is 2. The number of nitrogens with one attached hydrogen (secondary N) is 1. The molecule has 1 aromatic heterocycles. The summed E-state index contributed by atoms with van der Waals surface area (Å²) in [6.45, 7) is 2.71. The lowest BCUT2D eigenvalue weighted by Gasteiger charge is -2.35. The number of carbonyl (C=O) groups is 2. The zero-order chi connectivity index (χ0) is 20.3. The number of halogens is 3. The van der Waals surface area contributed by atoms with Crippen LogP contribution in [0, 0.1) is 0 Å². The Morgan fingerprint density at radius 1 is 1.00 bits per heavy atom. The molecule has 0 spiro atoms. The number of piperazine rings is 1. The molecule has 0 saturated carbocycles. The molecular formula is C18H18F3N5O2. The van der Waals surface area contributed by atoms with E-state index in [1.54, 1.807) is 12.1 Å². The molecule has 0 radical (unpaired) electrons. The molecule has 1 N–H and O–H groups in total. The molecule has 0 aliphatic carbocycles. The lowest BCUT2D eigenvalue weighted by atomic mass is 10.1. The first kappa shape index (κ1) is 19.6. The molecule has 3 rings (SSSR count). The van der Waals surface area contributed by atoms with Crippen LogP contribution >= 0.6 is 0 Å². The van der Waals surface area contributed by atoms with Gasteiger partial charge in [0.15, 0.2) is 11.6 Å². The highest BCUT2D eigenvalue weighted by Gasteiger charge is 2.36. The average Bonchev–Trinajstić information content (AvgIpc) is 2.67. The molecule has 10 heteroatoms. The van der Waals surface area contributed by atoms with Crippen molar-refractivity contribution in [2.24, 2.45) is 0 Å². The summed E-state index contributed by atoms with van der Waals surface area (Å²) in [6.07, 6.45) is -4.58. The normalized spacial score (nSPS) is 14.7. The van der Waals surface area contributed by atoms with Gasteiger partial charge in [0, 0.05) is 33.1 Å². The van der Waals surface area contributed by atoms with Crippen molar-refractivity contribution in [3.8, 4) is 0 Å². The van der Waals surface area contributed by atoms with E-state index in [0.29, 0.717) is 24.7 Å². The zero-order valence-electron chi connectivity index (χ0n) is 15.0. The SMILES string of the molecule is CC(=O)Nc1ccc(N2CCN(C(=O)c3ccccc3C(F)(F)F)CC2)nn1. The summed E-state index contributed by atoms with van der Waals surface area (Å²) in [5.41, 5.74) is -1.27. The molecule has 0 unspecified atom stereocenters. The fourth-order valence-electron chi connectivity index (χ4n) is 2.97. The molecule has 2 aromatic rings. The van der Waals surface area contributed by atoms with Gasteiger partial charge in [-0.2, -0.15) is 13.2 Å². The number of alkyl halides is 3. The molecule has 28 heavy (non-hydrogen) atoms. The highest BCUT2D eigenvalue weighted by molar-refractivity contribution is 5.96. The summed E-state index contributed by atoms with van der Waals surface area (Å²) in [6, 6.07) is 8.10. The summed E-state index contributed by atoms with van der Waals surface area (Å²) >= 11 is 0. The summed E-state index contributed by atoms with van der Waals surface area (Å²) in [5.74, 6) is -0.00121. The van der Waals surface area contributed by atoms with Crippen LogP contribution in [0.25, 0.3) is 0 Å². The standard InChI is InChI=1S/C18H18F3N5O2/c1-12(27)22-15-6-7-16(24-23-15)25-8-10-26(11-9-25)17(28)13-4-2-3-5-14(13)18(19,20)21/h2-7H,8-11H2,1H3,(H,22,23,27). The Labute approximate surface area is 159 Å². The number of hydrogen-bond acceptors (Lipinski definition) is 5. The fraction of sp³-hybridized carbons (Fsp3) is 0.333. The van der Waals surface area contributed by atoms with E-state index >= 15 is 0 Å². The molecule has 1 aromatic carbocycles. The van der Waals surface area contributed by atoms with E-state index in [4.69, 9.17) is 0 Å². The maximum atomic E-state index is 13.2. The van der Waals surface area contributed by atoms with Crippen molar-refractivity contribution in [2.75, 3.05) is 36.4 Å². The van der Waals surface area contributed by atoms with Gasteiger partial charge in [-0.3, -0.25) is 9.59 Å². The van der Waals surface area contributed by atoms with Crippen LogP contribution in [0.4, 0.5) is 24.8 Å². The molecule has 0 atom stereocenters. The largest absolute Gasteiger partial charge is 0.417 e. The molecule has 148 valence electrons. The Bertz CT molecular complexity index is 862. The molecule has 2 heterocycles. The van der Waals surface area contributed by atoms with E-state index in [9.17, 15) is 22.8 Å². The Hall–Kier alpha value is -3.17. The van der Waals surface area contributed by atoms with E-state index < -0.39 is 17.6 Å². The smallest absolute Gasteiger partial charge is 0.352 e. The van der Waals surface area contributed by atoms with Crippen LogP contribution in [0.15, 0.2) is 36.4 Å². The number of anilines is 2. The second-order valence-electron chi connectivity index (χ2n) is 6.28. The molecule has 1 aliphatic heterocycles. The van der Waals surface area contributed by atoms with Crippen LogP contribution < -0.4 is 10.2 Å². The Kier molecular flexibility index (Phi) is 5.48. The number of nitrogens with zero attached hydrogens (tertiary/aromatic N) is 4. The molecule has 1 saturated heterocycles. The monoisotopic (exact) mass is 393 g/mol. The molecule has 7 nitrogen and oxygen atoms in total. The van der Waals surface area contributed by atoms with Gasteiger partial charge < -0.3 is 15.1 Å². The van der Waals surface area contributed by atoms with Gasteiger partial charge in [0.1, 0.15) is 0 Å². The van der Waals surface area contributed by atoms with Gasteiger partial charge in [0.25, 0.3) is 5.91 Å². The van der Waals surface area contributed by atoms with Crippen molar-refractivity contribution in [3.63, 3.8) is 0 Å². The molecule has 1 aliphatic rings. The minimum atomic E-state index is -4.58. The van der Waals surface area contributed by atoms with E-state index in [-0.39, 0.29) is 24.6 Å². The van der Waals surface area contributed by atoms with Gasteiger partial charge in [-0.25, -0.2) is 0 Å². The topological polar surface area (TPSA) is 78.4 Å². The van der Waals surface area contributed by atoms with Gasteiger partial charge in [-0.1, -0.05) is 12.1 Å². The van der Waals surface area contributed by atoms with E-state index in [2.05, 4.69) is 15.5 Å². The van der Waals surface area contributed by atoms with Crippen molar-refractivity contribution in [3.05, 3.63) is 47.5 Å². The Morgan fingerprint density at radius 2 is 1.68 bits per heavy atom. The molecule has 2 amide bonds. The van der Waals surface area contributed by atoms with Crippen molar-refractivity contribution in [1.82, 2.24) is 15.1 Å². The van der Waals surface area contributed by atoms with Gasteiger partial charge in [0.2, 0.25) is 5.91 Å². The zero-order valence-corrected chi connectivity index (χ0v) is 15.0. The van der Waals surface area contributed by atoms with Gasteiger partial charge >= 0.3 is 6.18 Å². The van der Waals surface area contributed by atoms with Crippen LogP contribution in [0.1, 0.15) is 22.8 Å². The lowest BCUT2D eigenvalue weighted by Crippen LogP contribution is -2.49. The van der Waals surface area contributed by atoms with Crippen LogP contribution in [0.3, 0.4) is 0 Å². The first-order valence-electron chi connectivity index (χ1n) is 8.57. The molecular weight excluding hydrogens is 375 g/mol. The highest BCUT2D eigenvalue weighted by Crippen LogP contribution is 2.32. The third-order valence-electron chi connectivity index (χ3n) is 4.31. The predicted octanol–water partition coefficient (Wildman–Crippen LogP) is 2.42. The number of aromatic nitrogens is 2. The van der Waals surface area contributed by atoms with E-state index in [1.165, 1.54) is 30.0 Å². The van der Waals surface area contributed by atoms with Crippen LogP contribution in [-0.2, 0) is 11.0 Å². The van der Waals surface area contributed by atoms with Crippen molar-refractivity contribution >= 4 is 23.5 Å². The first-order chi connectivity index (χ1) is 13.3. The number of benzene rings is 1. The number of hydrogen-bond donors (Lipinski definition) is 1. The maximum absolute atomic E-state index is 13.2. The average molecular weight is 393 g/mol. The van der Waals surface area contributed by atoms with E-state index in [1.807, 2.05) is 4.90 Å². The predicted molar refractivity (Wildman–Crippen MR) is 95.9 cm³/mol. The van der Waals surface area contributed by atoms with Crippen molar-refractivity contribution < 1.29 is 22.8 Å². The number of rotatable bonds is 3. The van der Waals surface area contributed by atoms with Crippen molar-refractivity contribution in [2.45, 2.75) is 13.1 Å². The Morgan fingerprint density at radius 3 is 2.25 bits per heavy atom. The van der Waals surface area contributed by atoms with Gasteiger partial charge in [-0.15, -0.1) is 10.2 Å². The Balaban J connectivity index is 1.66. The van der Waals surface area contributed by atoms with Gasteiger partial charge in [0.05, 0.1) is 11.1 Å². The van der Waals surface area contributed by atoms with Crippen LogP contribution in [0.2, 0.25) is 0 Å². The minimum absolute atomic E-state index is 0.256. The fourth-order valence-corrected chi connectivity index (χ4v) is 2.97. The van der Waals surface area contributed by atoms with Gasteiger partial charge in [-0.05, 0) is 24.3 Å². The molecule has 1 fully saturated rings. The number of amides is 2. The molecule has 0 bridgehead atoms. The van der Waals surface area contributed by atoms with Crippen LogP contribution in [0.5, 0.6) is 0 Å². The van der Waals surface area contributed by atoms with Crippen LogP contribution in [-0.4, -0.2) is 53.1 Å². The summed E-state index contributed by atoms with van der Waals surface area (Å²) < 4.78 is 39.5. The summed E-state index contributed by atoms with van der Waals surface area (Å²) in [7, 11) is 0. The first-order valence-corrected chi connectivity index (χ1v) is 8.57. The quantitative estimate of drug-likeness (QED) is 0.867. The third kappa shape index (κ3) is 4.38.